The number of piperazine rings is 1. The highest BCUT2D eigenvalue weighted by molar-refractivity contribution is 7.10. The van der Waals surface area contributed by atoms with Crippen LogP contribution in [0.25, 0.3) is 0 Å². The van der Waals surface area contributed by atoms with Crippen LogP contribution in [-0.2, 0) is 11.2 Å². The number of carbonyl (C=O) groups excluding carboxylic acids is 2. The normalized spacial score (nSPS) is 15.2. The van der Waals surface area contributed by atoms with Crippen LogP contribution < -0.4 is 0 Å². The Morgan fingerprint density at radius 3 is 2.57 bits per heavy atom. The molecule has 1 aliphatic heterocycles. The van der Waals surface area contributed by atoms with Gasteiger partial charge in [-0.25, -0.2) is 4.98 Å². The number of thiophene rings is 1. The number of amides is 2. The molecule has 7 heteroatoms. The number of hydrogen-bond acceptors (Lipinski definition) is 5. The molecule has 0 atom stereocenters. The molecule has 1 aliphatic rings. The van der Waals surface area contributed by atoms with Gasteiger partial charge >= 0.3 is 0 Å². The summed E-state index contributed by atoms with van der Waals surface area (Å²) >= 11 is 3.02. The van der Waals surface area contributed by atoms with Gasteiger partial charge in [-0.2, -0.15) is 0 Å². The Kier molecular flexibility index (Phi) is 4.31. The Morgan fingerprint density at radius 2 is 1.95 bits per heavy atom. The van der Waals surface area contributed by atoms with Gasteiger partial charge < -0.3 is 9.80 Å². The summed E-state index contributed by atoms with van der Waals surface area (Å²) in [6, 6.07) is 3.93. The van der Waals surface area contributed by atoms with Gasteiger partial charge in [0.05, 0.1) is 11.9 Å². The summed E-state index contributed by atoms with van der Waals surface area (Å²) in [6.07, 6.45) is 0.456. The SMILES string of the molecule is O=C(Cc1cccs1)N1CCN(C(=O)c2cscn2)CC1. The molecular formula is C14H15N3O2S2. The van der Waals surface area contributed by atoms with Gasteiger partial charge in [-0.05, 0) is 11.4 Å². The van der Waals surface area contributed by atoms with Crippen molar-refractivity contribution in [1.82, 2.24) is 14.8 Å². The molecule has 0 N–H and O–H groups in total. The van der Waals surface area contributed by atoms with Crippen LogP contribution in [0.15, 0.2) is 28.4 Å². The molecule has 0 radical (unpaired) electrons. The molecule has 0 saturated carbocycles. The third-order valence-corrected chi connectivity index (χ3v) is 4.94. The van der Waals surface area contributed by atoms with Crippen molar-refractivity contribution in [3.8, 4) is 0 Å². The zero-order valence-electron chi connectivity index (χ0n) is 11.4. The molecule has 0 unspecified atom stereocenters. The van der Waals surface area contributed by atoms with Gasteiger partial charge in [0, 0.05) is 36.4 Å². The Hall–Kier alpha value is -1.73. The van der Waals surface area contributed by atoms with Gasteiger partial charge in [0.1, 0.15) is 5.69 Å². The largest absolute Gasteiger partial charge is 0.339 e. The van der Waals surface area contributed by atoms with Crippen LogP contribution in [0, 0.1) is 0 Å². The number of thiazole rings is 1. The van der Waals surface area contributed by atoms with E-state index in [0.29, 0.717) is 38.3 Å². The number of nitrogens with zero attached hydrogens (tertiary/aromatic N) is 3. The smallest absolute Gasteiger partial charge is 0.273 e. The molecule has 1 saturated heterocycles. The van der Waals surface area contributed by atoms with E-state index in [1.165, 1.54) is 11.3 Å². The maximum Gasteiger partial charge on any atom is 0.273 e. The van der Waals surface area contributed by atoms with Gasteiger partial charge in [0.15, 0.2) is 0 Å². The average Bonchev–Trinajstić information content (AvgIpc) is 3.20. The monoisotopic (exact) mass is 321 g/mol. The van der Waals surface area contributed by atoms with E-state index in [4.69, 9.17) is 0 Å². The third-order valence-electron chi connectivity index (χ3n) is 3.48. The summed E-state index contributed by atoms with van der Waals surface area (Å²) < 4.78 is 0. The van der Waals surface area contributed by atoms with Gasteiger partial charge in [-0.3, -0.25) is 9.59 Å². The quantitative estimate of drug-likeness (QED) is 0.865. The van der Waals surface area contributed by atoms with Crippen LogP contribution >= 0.6 is 22.7 Å². The first-order valence-electron chi connectivity index (χ1n) is 6.71. The molecule has 0 bridgehead atoms. The average molecular weight is 321 g/mol. The highest BCUT2D eigenvalue weighted by Crippen LogP contribution is 2.13. The summed E-state index contributed by atoms with van der Waals surface area (Å²) in [5.41, 5.74) is 2.16. The first-order valence-corrected chi connectivity index (χ1v) is 8.54. The predicted octanol–water partition coefficient (Wildman–Crippen LogP) is 1.73. The fraction of sp³-hybridized carbons (Fsp3) is 0.357. The lowest BCUT2D eigenvalue weighted by Gasteiger charge is -2.34. The van der Waals surface area contributed by atoms with E-state index in [0.717, 1.165) is 4.88 Å². The topological polar surface area (TPSA) is 53.5 Å². The number of rotatable bonds is 3. The lowest BCUT2D eigenvalue weighted by atomic mass is 10.2. The van der Waals surface area contributed by atoms with Crippen molar-refractivity contribution in [3.63, 3.8) is 0 Å². The summed E-state index contributed by atoms with van der Waals surface area (Å²) in [5.74, 6) is 0.0970. The lowest BCUT2D eigenvalue weighted by molar-refractivity contribution is -0.131. The molecule has 3 heterocycles. The molecule has 110 valence electrons. The van der Waals surface area contributed by atoms with Gasteiger partial charge in [-0.15, -0.1) is 22.7 Å². The van der Waals surface area contributed by atoms with Crippen LogP contribution in [0.3, 0.4) is 0 Å². The minimum atomic E-state index is -0.0402. The molecule has 2 aromatic heterocycles. The summed E-state index contributed by atoms with van der Waals surface area (Å²) in [7, 11) is 0. The predicted molar refractivity (Wildman–Crippen MR) is 82.6 cm³/mol. The Labute approximate surface area is 130 Å². The van der Waals surface area contributed by atoms with Gasteiger partial charge in [0.2, 0.25) is 5.91 Å². The first kappa shape index (κ1) is 14.2. The Balaban J connectivity index is 1.53. The molecule has 1 fully saturated rings. The summed E-state index contributed by atoms with van der Waals surface area (Å²) in [5, 5.41) is 3.74. The van der Waals surface area contributed by atoms with Crippen molar-refractivity contribution < 1.29 is 9.59 Å². The number of hydrogen-bond donors (Lipinski definition) is 0. The van der Waals surface area contributed by atoms with Crippen LogP contribution in [0.4, 0.5) is 0 Å². The van der Waals surface area contributed by atoms with Crippen molar-refractivity contribution in [2.75, 3.05) is 26.2 Å². The fourth-order valence-corrected chi connectivity index (χ4v) is 3.53. The molecule has 2 amide bonds. The second-order valence-electron chi connectivity index (χ2n) is 4.80. The number of aromatic nitrogens is 1. The molecule has 5 nitrogen and oxygen atoms in total. The van der Waals surface area contributed by atoms with Crippen molar-refractivity contribution in [1.29, 1.82) is 0 Å². The van der Waals surface area contributed by atoms with E-state index in [9.17, 15) is 9.59 Å². The molecule has 2 aromatic rings. The maximum absolute atomic E-state index is 12.2. The molecule has 21 heavy (non-hydrogen) atoms. The van der Waals surface area contributed by atoms with E-state index >= 15 is 0 Å². The Morgan fingerprint density at radius 1 is 1.19 bits per heavy atom. The first-order chi connectivity index (χ1) is 10.2. The minimum Gasteiger partial charge on any atom is -0.339 e. The molecule has 0 spiro atoms. The minimum absolute atomic E-state index is 0.0402. The van der Waals surface area contributed by atoms with Crippen LogP contribution in [0.5, 0.6) is 0 Å². The van der Waals surface area contributed by atoms with Crippen molar-refractivity contribution in [2.24, 2.45) is 0 Å². The van der Waals surface area contributed by atoms with Crippen molar-refractivity contribution in [2.45, 2.75) is 6.42 Å². The number of carbonyl (C=O) groups is 2. The van der Waals surface area contributed by atoms with Crippen molar-refractivity contribution in [3.05, 3.63) is 39.0 Å². The van der Waals surface area contributed by atoms with Crippen molar-refractivity contribution >= 4 is 34.5 Å². The molecule has 0 aromatic carbocycles. The van der Waals surface area contributed by atoms with Gasteiger partial charge in [-0.1, -0.05) is 6.07 Å². The molecule has 3 rings (SSSR count). The van der Waals surface area contributed by atoms with Crippen LogP contribution in [0.1, 0.15) is 15.4 Å². The fourth-order valence-electron chi connectivity index (χ4n) is 2.31. The van der Waals surface area contributed by atoms with E-state index in [-0.39, 0.29) is 11.8 Å². The summed E-state index contributed by atoms with van der Waals surface area (Å²) in [6.45, 7) is 2.35. The van der Waals surface area contributed by atoms with Gasteiger partial charge in [0.25, 0.3) is 5.91 Å². The Bertz CT molecular complexity index is 602. The summed E-state index contributed by atoms with van der Waals surface area (Å²) in [4.78, 5) is 33.1. The van der Waals surface area contributed by atoms with E-state index < -0.39 is 0 Å². The lowest BCUT2D eigenvalue weighted by Crippen LogP contribution is -2.51. The standard InChI is InChI=1S/C14H15N3O2S2/c18-13(8-11-2-1-7-21-11)16-3-5-17(6-4-16)14(19)12-9-20-10-15-12/h1-2,7,9-10H,3-6,8H2. The maximum atomic E-state index is 12.2. The third kappa shape index (κ3) is 3.30. The zero-order chi connectivity index (χ0) is 14.7. The molecular weight excluding hydrogens is 306 g/mol. The van der Waals surface area contributed by atoms with Crippen LogP contribution in [0.2, 0.25) is 0 Å². The van der Waals surface area contributed by atoms with E-state index in [1.807, 2.05) is 22.4 Å². The van der Waals surface area contributed by atoms with Crippen LogP contribution in [-0.4, -0.2) is 52.8 Å². The highest BCUT2D eigenvalue weighted by Gasteiger charge is 2.25. The van der Waals surface area contributed by atoms with E-state index in [1.54, 1.807) is 27.1 Å². The second-order valence-corrected chi connectivity index (χ2v) is 6.55. The highest BCUT2D eigenvalue weighted by atomic mass is 32.1. The molecule has 0 aliphatic carbocycles. The van der Waals surface area contributed by atoms with E-state index in [2.05, 4.69) is 4.98 Å². The zero-order valence-corrected chi connectivity index (χ0v) is 13.0. The second kappa shape index (κ2) is 6.36.